The largest absolute Gasteiger partial charge is 0.493 e. The van der Waals surface area contributed by atoms with Crippen molar-refractivity contribution in [3.63, 3.8) is 0 Å². The molecule has 0 atom stereocenters. The van der Waals surface area contributed by atoms with E-state index in [0.29, 0.717) is 36.6 Å². The van der Waals surface area contributed by atoms with E-state index in [1.165, 1.54) is 5.56 Å². The highest BCUT2D eigenvalue weighted by atomic mass is 35.5. The van der Waals surface area contributed by atoms with Crippen molar-refractivity contribution in [3.8, 4) is 5.75 Å². The Bertz CT molecular complexity index is 993. The molecule has 6 nitrogen and oxygen atoms in total. The lowest BCUT2D eigenvalue weighted by Gasteiger charge is -2.39. The second kappa shape index (κ2) is 10.8. The molecule has 2 aromatic carbocycles. The van der Waals surface area contributed by atoms with Crippen molar-refractivity contribution >= 4 is 23.0 Å². The van der Waals surface area contributed by atoms with Gasteiger partial charge in [-0.15, -0.1) is 0 Å². The Hall–Kier alpha value is -2.30. The molecule has 0 spiro atoms. The fraction of sp³-hybridized carbons (Fsp3) is 0.500. The second-order valence-electron chi connectivity index (χ2n) is 9.05. The minimum absolute atomic E-state index is 0.468. The van der Waals surface area contributed by atoms with E-state index in [0.717, 1.165) is 62.9 Å². The van der Waals surface area contributed by atoms with Crippen LogP contribution in [0.3, 0.4) is 0 Å². The zero-order valence-corrected chi connectivity index (χ0v) is 20.0. The summed E-state index contributed by atoms with van der Waals surface area (Å²) in [7, 11) is 0. The van der Waals surface area contributed by atoms with Crippen LogP contribution >= 0.6 is 11.6 Å². The molecule has 7 heteroatoms. The maximum atomic E-state index is 11.1. The number of nitrogens with zero attached hydrogens (tertiary/aromatic N) is 3. The molecule has 4 rings (SSSR count). The molecule has 0 radical (unpaired) electrons. The summed E-state index contributed by atoms with van der Waals surface area (Å²) in [5.74, 6) is 0.885. The lowest BCUT2D eigenvalue weighted by atomic mass is 9.88. The van der Waals surface area contributed by atoms with Gasteiger partial charge in [-0.1, -0.05) is 29.8 Å². The van der Waals surface area contributed by atoms with Crippen molar-refractivity contribution in [3.05, 3.63) is 64.0 Å². The Balaban J connectivity index is 1.25. The van der Waals surface area contributed by atoms with E-state index in [1.807, 2.05) is 18.2 Å². The molecule has 0 aliphatic carbocycles. The molecule has 1 N–H and O–H groups in total. The number of anilines is 1. The Morgan fingerprint density at radius 1 is 1.12 bits per heavy atom. The summed E-state index contributed by atoms with van der Waals surface area (Å²) < 4.78 is 11.5. The van der Waals surface area contributed by atoms with Gasteiger partial charge in [0.25, 0.3) is 0 Å². The molecule has 2 saturated heterocycles. The summed E-state index contributed by atoms with van der Waals surface area (Å²) in [6.45, 7) is 15.7. The van der Waals surface area contributed by atoms with Gasteiger partial charge in [-0.05, 0) is 49.1 Å². The van der Waals surface area contributed by atoms with Crippen LogP contribution in [0.5, 0.6) is 5.75 Å². The summed E-state index contributed by atoms with van der Waals surface area (Å²) >= 11 is 6.19. The highest BCUT2D eigenvalue weighted by molar-refractivity contribution is 6.33. The quantitative estimate of drug-likeness (QED) is 0.588. The fourth-order valence-corrected chi connectivity index (χ4v) is 4.77. The number of aryl methyl sites for hydroxylation is 1. The van der Waals surface area contributed by atoms with Gasteiger partial charge in [0.2, 0.25) is 5.69 Å². The topological polar surface area (TPSA) is 49.5 Å². The summed E-state index contributed by atoms with van der Waals surface area (Å²) in [5, 5.41) is 11.5. The number of morpholine rings is 1. The van der Waals surface area contributed by atoms with Gasteiger partial charge in [0, 0.05) is 49.9 Å². The number of rotatable bonds is 7. The molecule has 0 unspecified atom stereocenters. The average molecular weight is 470 g/mol. The molecule has 2 aliphatic heterocycles. The van der Waals surface area contributed by atoms with Crippen LogP contribution in [-0.2, 0) is 11.3 Å². The van der Waals surface area contributed by atoms with E-state index in [-0.39, 0.29) is 0 Å². The maximum Gasteiger partial charge on any atom is 0.205 e. The van der Waals surface area contributed by atoms with Gasteiger partial charge in [-0.3, -0.25) is 4.90 Å². The molecular weight excluding hydrogens is 438 g/mol. The van der Waals surface area contributed by atoms with Crippen LogP contribution in [-0.4, -0.2) is 61.6 Å². The van der Waals surface area contributed by atoms with Gasteiger partial charge in [-0.25, -0.2) is 4.85 Å². The molecular formula is C26H32ClN3O3. The Morgan fingerprint density at radius 2 is 1.88 bits per heavy atom. The third-order valence-electron chi connectivity index (χ3n) is 6.69. The summed E-state index contributed by atoms with van der Waals surface area (Å²) in [6, 6.07) is 11.9. The van der Waals surface area contributed by atoms with E-state index in [9.17, 15) is 5.11 Å². The van der Waals surface area contributed by atoms with Crippen LogP contribution in [0, 0.1) is 13.5 Å². The van der Waals surface area contributed by atoms with E-state index >= 15 is 0 Å². The highest BCUT2D eigenvalue weighted by Crippen LogP contribution is 2.33. The summed E-state index contributed by atoms with van der Waals surface area (Å²) in [6.07, 6.45) is 1.96. The number of aliphatic hydroxyl groups is 1. The van der Waals surface area contributed by atoms with E-state index in [4.69, 9.17) is 27.6 Å². The lowest BCUT2D eigenvalue weighted by molar-refractivity contribution is -0.00274. The van der Waals surface area contributed by atoms with Crippen molar-refractivity contribution in [1.29, 1.82) is 0 Å². The van der Waals surface area contributed by atoms with Gasteiger partial charge >= 0.3 is 0 Å². The van der Waals surface area contributed by atoms with Crippen molar-refractivity contribution in [1.82, 2.24) is 4.90 Å². The third kappa shape index (κ3) is 6.18. The van der Waals surface area contributed by atoms with Crippen molar-refractivity contribution in [2.24, 2.45) is 0 Å². The van der Waals surface area contributed by atoms with Crippen molar-refractivity contribution in [2.45, 2.75) is 38.3 Å². The first-order chi connectivity index (χ1) is 16.0. The predicted octanol–water partition coefficient (Wildman–Crippen LogP) is 4.83. The van der Waals surface area contributed by atoms with E-state index in [1.54, 1.807) is 6.07 Å². The third-order valence-corrected chi connectivity index (χ3v) is 6.99. The first-order valence-electron chi connectivity index (χ1n) is 11.6. The zero-order valence-electron chi connectivity index (χ0n) is 19.2. The monoisotopic (exact) mass is 469 g/mol. The van der Waals surface area contributed by atoms with Gasteiger partial charge in [0.15, 0.2) is 0 Å². The van der Waals surface area contributed by atoms with E-state index in [2.05, 4.69) is 33.7 Å². The van der Waals surface area contributed by atoms with Crippen LogP contribution < -0.4 is 9.64 Å². The molecule has 176 valence electrons. The van der Waals surface area contributed by atoms with Crippen molar-refractivity contribution in [2.75, 3.05) is 50.9 Å². The molecule has 0 amide bonds. The molecule has 2 fully saturated rings. The summed E-state index contributed by atoms with van der Waals surface area (Å²) in [4.78, 5) is 8.04. The van der Waals surface area contributed by atoms with Gasteiger partial charge < -0.3 is 19.5 Å². The van der Waals surface area contributed by atoms with Gasteiger partial charge in [-0.2, -0.15) is 0 Å². The molecule has 0 saturated carbocycles. The molecule has 33 heavy (non-hydrogen) atoms. The molecule has 2 aliphatic rings. The van der Waals surface area contributed by atoms with Gasteiger partial charge in [0.1, 0.15) is 5.75 Å². The zero-order chi connectivity index (χ0) is 23.3. The van der Waals surface area contributed by atoms with Crippen LogP contribution in [0.4, 0.5) is 11.4 Å². The Labute approximate surface area is 201 Å². The standard InChI is InChI=1S/C26H32ClN3O3/c1-20-17-21(19-29-12-15-32-16-13-29)3-6-25(20)33-14-9-26(31)7-10-30(11-8-26)22-4-5-24(28-2)23(27)18-22/h3-6,17-18,31H,7-16,19H2,1H3. The fourth-order valence-electron chi connectivity index (χ4n) is 4.55. The SMILES string of the molecule is [C-]#[N+]c1ccc(N2CCC(O)(CCOc3ccc(CN4CCOCC4)cc3C)CC2)cc1Cl. The predicted molar refractivity (Wildman–Crippen MR) is 131 cm³/mol. The first-order valence-corrected chi connectivity index (χ1v) is 12.0. The average Bonchev–Trinajstić information content (AvgIpc) is 2.81. The minimum Gasteiger partial charge on any atom is -0.493 e. The number of benzene rings is 2. The molecule has 2 aromatic rings. The van der Waals surface area contributed by atoms with Crippen LogP contribution in [0.25, 0.3) is 4.85 Å². The Morgan fingerprint density at radius 3 is 2.55 bits per heavy atom. The first kappa shape index (κ1) is 23.8. The van der Waals surface area contributed by atoms with Crippen LogP contribution in [0.1, 0.15) is 30.4 Å². The van der Waals surface area contributed by atoms with Crippen LogP contribution in [0.2, 0.25) is 5.02 Å². The second-order valence-corrected chi connectivity index (χ2v) is 9.45. The molecule has 0 bridgehead atoms. The number of hydrogen-bond donors (Lipinski definition) is 1. The number of halogens is 1. The Kier molecular flexibility index (Phi) is 7.77. The lowest BCUT2D eigenvalue weighted by Crippen LogP contribution is -2.45. The van der Waals surface area contributed by atoms with Crippen molar-refractivity contribution < 1.29 is 14.6 Å². The van der Waals surface area contributed by atoms with E-state index < -0.39 is 5.60 Å². The number of piperidine rings is 1. The summed E-state index contributed by atoms with van der Waals surface area (Å²) in [5.41, 5.74) is 3.16. The highest BCUT2D eigenvalue weighted by Gasteiger charge is 2.32. The molecule has 2 heterocycles. The maximum absolute atomic E-state index is 11.1. The van der Waals surface area contributed by atoms with Gasteiger partial charge in [0.05, 0.1) is 32.0 Å². The minimum atomic E-state index is -0.721. The number of ether oxygens (including phenoxy) is 2. The smallest absolute Gasteiger partial charge is 0.205 e. The number of hydrogen-bond acceptors (Lipinski definition) is 5. The van der Waals surface area contributed by atoms with Crippen LogP contribution in [0.15, 0.2) is 36.4 Å². The normalized spacial score (nSPS) is 18.7. The molecule has 0 aromatic heterocycles.